The molecule has 0 radical (unpaired) electrons. The van der Waals surface area contributed by atoms with Gasteiger partial charge in [0.25, 0.3) is 0 Å². The lowest BCUT2D eigenvalue weighted by Gasteiger charge is -2.34. The lowest BCUT2D eigenvalue weighted by molar-refractivity contribution is -0.150. The average Bonchev–Trinajstić information content (AvgIpc) is 2.42. The minimum atomic E-state index is -0.791. The number of likely N-dealkylation sites (N-methyl/N-ethyl adjacent to an activating group) is 1. The second kappa shape index (κ2) is 7.31. The second-order valence-electron chi connectivity index (χ2n) is 5.78. The van der Waals surface area contributed by atoms with Gasteiger partial charge >= 0.3 is 12.0 Å². The van der Waals surface area contributed by atoms with Crippen LogP contribution in [0.3, 0.4) is 0 Å². The smallest absolute Gasteiger partial charge is 0.317 e. The van der Waals surface area contributed by atoms with Gasteiger partial charge in [0, 0.05) is 19.6 Å². The maximum absolute atomic E-state index is 12.1. The van der Waals surface area contributed by atoms with Crippen molar-refractivity contribution in [1.29, 1.82) is 0 Å². The predicted octanol–water partition coefficient (Wildman–Crippen LogP) is 2.63. The third kappa shape index (κ3) is 4.25. The highest BCUT2D eigenvalue weighted by Crippen LogP contribution is 2.36. The summed E-state index contributed by atoms with van der Waals surface area (Å²) >= 11 is 0. The van der Waals surface area contributed by atoms with Gasteiger partial charge in [0.05, 0.1) is 5.41 Å². The van der Waals surface area contributed by atoms with Gasteiger partial charge in [-0.2, -0.15) is 0 Å². The molecule has 1 rings (SSSR count). The number of nitrogens with one attached hydrogen (secondary N) is 1. The Morgan fingerprint density at radius 2 is 1.90 bits per heavy atom. The van der Waals surface area contributed by atoms with Gasteiger partial charge in [-0.05, 0) is 26.7 Å². The van der Waals surface area contributed by atoms with E-state index < -0.39 is 11.4 Å². The van der Waals surface area contributed by atoms with Gasteiger partial charge in [0.2, 0.25) is 0 Å². The molecule has 0 heterocycles. The molecule has 1 aliphatic carbocycles. The van der Waals surface area contributed by atoms with Crippen molar-refractivity contribution in [3.05, 3.63) is 12.2 Å². The van der Waals surface area contributed by atoms with Crippen LogP contribution in [-0.4, -0.2) is 41.6 Å². The first kappa shape index (κ1) is 16.5. The molecule has 0 unspecified atom stereocenters. The molecule has 0 saturated heterocycles. The number of carbonyl (C=O) groups excluding carboxylic acids is 1. The molecule has 0 atom stereocenters. The zero-order valence-electron chi connectivity index (χ0n) is 12.6. The van der Waals surface area contributed by atoms with Crippen LogP contribution >= 0.6 is 0 Å². The maximum Gasteiger partial charge on any atom is 0.317 e. The standard InChI is InChI=1S/C15H26N2O3/c1-4-17(10-12(2)3)14(20)16-11-15(13(18)19)8-6-5-7-9-15/h2,4-11H2,1,3H3,(H,16,20)(H,18,19). The Bertz CT molecular complexity index is 373. The van der Waals surface area contributed by atoms with Crippen LogP contribution in [0.25, 0.3) is 0 Å². The van der Waals surface area contributed by atoms with Crippen LogP contribution in [-0.2, 0) is 4.79 Å². The molecule has 1 saturated carbocycles. The Morgan fingerprint density at radius 3 is 2.35 bits per heavy atom. The van der Waals surface area contributed by atoms with E-state index in [-0.39, 0.29) is 12.6 Å². The average molecular weight is 282 g/mol. The summed E-state index contributed by atoms with van der Waals surface area (Å²) < 4.78 is 0. The number of carboxylic acid groups (broad SMARTS) is 1. The molecule has 0 aliphatic heterocycles. The predicted molar refractivity (Wildman–Crippen MR) is 78.6 cm³/mol. The molecule has 0 aromatic carbocycles. The van der Waals surface area contributed by atoms with Crippen LogP contribution < -0.4 is 5.32 Å². The van der Waals surface area contributed by atoms with Crippen molar-refractivity contribution in [2.24, 2.45) is 5.41 Å². The number of hydrogen-bond acceptors (Lipinski definition) is 2. The van der Waals surface area contributed by atoms with Crippen LogP contribution in [0.5, 0.6) is 0 Å². The molecule has 114 valence electrons. The van der Waals surface area contributed by atoms with Gasteiger partial charge in [-0.25, -0.2) is 4.79 Å². The first-order chi connectivity index (χ1) is 9.41. The van der Waals surface area contributed by atoms with Crippen LogP contribution in [0.2, 0.25) is 0 Å². The van der Waals surface area contributed by atoms with Crippen LogP contribution in [0.4, 0.5) is 4.79 Å². The molecule has 0 aromatic heterocycles. The van der Waals surface area contributed by atoms with E-state index in [2.05, 4.69) is 11.9 Å². The topological polar surface area (TPSA) is 69.6 Å². The van der Waals surface area contributed by atoms with Crippen LogP contribution in [0, 0.1) is 5.41 Å². The fraction of sp³-hybridized carbons (Fsp3) is 0.733. The van der Waals surface area contributed by atoms with Gasteiger partial charge < -0.3 is 15.3 Å². The summed E-state index contributed by atoms with van der Waals surface area (Å²) in [4.78, 5) is 25.3. The number of hydrogen-bond donors (Lipinski definition) is 2. The summed E-state index contributed by atoms with van der Waals surface area (Å²) in [5.74, 6) is -0.791. The highest BCUT2D eigenvalue weighted by atomic mass is 16.4. The lowest BCUT2D eigenvalue weighted by Crippen LogP contribution is -2.48. The molecule has 2 N–H and O–H groups in total. The summed E-state index contributed by atoms with van der Waals surface area (Å²) in [7, 11) is 0. The number of aliphatic carboxylic acids is 1. The maximum atomic E-state index is 12.1. The van der Waals surface area contributed by atoms with E-state index in [1.54, 1.807) is 4.90 Å². The van der Waals surface area contributed by atoms with Crippen LogP contribution in [0.1, 0.15) is 46.0 Å². The Morgan fingerprint density at radius 1 is 1.30 bits per heavy atom. The first-order valence-electron chi connectivity index (χ1n) is 7.32. The monoisotopic (exact) mass is 282 g/mol. The van der Waals surface area contributed by atoms with Crippen molar-refractivity contribution >= 4 is 12.0 Å². The summed E-state index contributed by atoms with van der Waals surface area (Å²) in [6.45, 7) is 8.87. The normalized spacial score (nSPS) is 17.3. The van der Waals surface area contributed by atoms with E-state index in [0.717, 1.165) is 24.8 Å². The summed E-state index contributed by atoms with van der Waals surface area (Å²) in [6, 6.07) is -0.207. The zero-order valence-corrected chi connectivity index (χ0v) is 12.6. The zero-order chi connectivity index (χ0) is 15.2. The Hall–Kier alpha value is -1.52. The van der Waals surface area contributed by atoms with E-state index in [9.17, 15) is 14.7 Å². The Kier molecular flexibility index (Phi) is 6.05. The molecule has 5 nitrogen and oxygen atoms in total. The fourth-order valence-corrected chi connectivity index (χ4v) is 2.70. The molecule has 0 bridgehead atoms. The molecule has 0 spiro atoms. The van der Waals surface area contributed by atoms with Crippen molar-refractivity contribution in [3.8, 4) is 0 Å². The van der Waals surface area contributed by atoms with E-state index in [0.29, 0.717) is 25.9 Å². The summed E-state index contributed by atoms with van der Waals surface area (Å²) in [6.07, 6.45) is 4.22. The molecular formula is C15H26N2O3. The van der Waals surface area contributed by atoms with E-state index in [1.807, 2.05) is 13.8 Å². The van der Waals surface area contributed by atoms with Crippen molar-refractivity contribution in [2.45, 2.75) is 46.0 Å². The number of rotatable bonds is 6. The largest absolute Gasteiger partial charge is 0.481 e. The van der Waals surface area contributed by atoms with E-state index in [1.165, 1.54) is 0 Å². The fourth-order valence-electron chi connectivity index (χ4n) is 2.70. The van der Waals surface area contributed by atoms with Crippen molar-refractivity contribution in [3.63, 3.8) is 0 Å². The molecule has 1 aliphatic rings. The van der Waals surface area contributed by atoms with Gasteiger partial charge in [-0.15, -0.1) is 0 Å². The molecule has 1 fully saturated rings. The van der Waals surface area contributed by atoms with Gasteiger partial charge in [0.1, 0.15) is 0 Å². The third-order valence-electron chi connectivity index (χ3n) is 3.97. The molecule has 20 heavy (non-hydrogen) atoms. The van der Waals surface area contributed by atoms with E-state index >= 15 is 0 Å². The van der Waals surface area contributed by atoms with Gasteiger partial charge in [-0.1, -0.05) is 31.4 Å². The van der Waals surface area contributed by atoms with Crippen LogP contribution in [0.15, 0.2) is 12.2 Å². The summed E-state index contributed by atoms with van der Waals surface area (Å²) in [5, 5.41) is 12.3. The number of nitrogens with zero attached hydrogens (tertiary/aromatic N) is 1. The summed E-state index contributed by atoms with van der Waals surface area (Å²) in [5.41, 5.74) is 0.129. The van der Waals surface area contributed by atoms with Crippen molar-refractivity contribution in [2.75, 3.05) is 19.6 Å². The minimum Gasteiger partial charge on any atom is -0.481 e. The highest BCUT2D eigenvalue weighted by molar-refractivity contribution is 5.78. The van der Waals surface area contributed by atoms with Gasteiger partial charge in [-0.3, -0.25) is 4.79 Å². The molecule has 0 aromatic rings. The number of carbonyl (C=O) groups is 2. The second-order valence-corrected chi connectivity index (χ2v) is 5.78. The first-order valence-corrected chi connectivity index (χ1v) is 7.32. The highest BCUT2D eigenvalue weighted by Gasteiger charge is 2.40. The quantitative estimate of drug-likeness (QED) is 0.736. The lowest BCUT2D eigenvalue weighted by atomic mass is 9.74. The number of urea groups is 1. The number of carboxylic acids is 1. The molecule has 5 heteroatoms. The number of amides is 2. The Balaban J connectivity index is 2.60. The minimum absolute atomic E-state index is 0.207. The van der Waals surface area contributed by atoms with E-state index in [4.69, 9.17) is 0 Å². The van der Waals surface area contributed by atoms with Gasteiger partial charge in [0.15, 0.2) is 0 Å². The SMILES string of the molecule is C=C(C)CN(CC)C(=O)NCC1(C(=O)O)CCCCC1. The molecule has 2 amide bonds. The van der Waals surface area contributed by atoms with Crippen molar-refractivity contribution < 1.29 is 14.7 Å². The third-order valence-corrected chi connectivity index (χ3v) is 3.97. The Labute approximate surface area is 121 Å². The van der Waals surface area contributed by atoms with Crippen molar-refractivity contribution in [1.82, 2.24) is 10.2 Å². The molecular weight excluding hydrogens is 256 g/mol.